The lowest BCUT2D eigenvalue weighted by Gasteiger charge is -2.24. The zero-order valence-corrected chi connectivity index (χ0v) is 23.5. The number of amides is 1. The predicted molar refractivity (Wildman–Crippen MR) is 148 cm³/mol. The molecule has 0 bridgehead atoms. The van der Waals surface area contributed by atoms with E-state index in [2.05, 4.69) is 0 Å². The highest BCUT2D eigenvalue weighted by atomic mass is 32.2. The van der Waals surface area contributed by atoms with Gasteiger partial charge in [0.2, 0.25) is 10.0 Å². The van der Waals surface area contributed by atoms with Gasteiger partial charge in [0.25, 0.3) is 5.91 Å². The number of likely N-dealkylation sites (tertiary alicyclic amines) is 1. The summed E-state index contributed by atoms with van der Waals surface area (Å²) in [6, 6.07) is 15.5. The maximum absolute atomic E-state index is 13.7. The Balaban J connectivity index is 1.47. The predicted octanol–water partition coefficient (Wildman–Crippen LogP) is 4.79. The highest BCUT2D eigenvalue weighted by Gasteiger charge is 2.34. The molecule has 3 aromatic rings. The summed E-state index contributed by atoms with van der Waals surface area (Å²) < 4.78 is 40.8. The Morgan fingerprint density at radius 3 is 2.55 bits per heavy atom. The van der Waals surface area contributed by atoms with Crippen molar-refractivity contribution in [1.29, 1.82) is 0 Å². The fourth-order valence-corrected chi connectivity index (χ4v) is 6.93. The van der Waals surface area contributed by atoms with Crippen molar-refractivity contribution in [2.75, 3.05) is 19.6 Å². The molecule has 0 radical (unpaired) electrons. The number of carbonyl (C=O) groups excluding carboxylic acids is 1. The van der Waals surface area contributed by atoms with Crippen LogP contribution < -0.4 is 4.74 Å². The van der Waals surface area contributed by atoms with Crippen molar-refractivity contribution in [3.8, 4) is 5.75 Å². The molecule has 9 nitrogen and oxygen atoms in total. The molecule has 10 heteroatoms. The van der Waals surface area contributed by atoms with Crippen LogP contribution in [0.1, 0.15) is 71.5 Å². The minimum Gasteiger partial charge on any atom is -0.488 e. The van der Waals surface area contributed by atoms with Gasteiger partial charge in [-0.3, -0.25) is 9.59 Å². The molecule has 0 saturated carbocycles. The number of para-hydroxylation sites is 1. The number of hydrogen-bond donors (Lipinski definition) is 1. The van der Waals surface area contributed by atoms with Crippen LogP contribution >= 0.6 is 0 Å². The molecule has 5 rings (SSSR count). The summed E-state index contributed by atoms with van der Waals surface area (Å²) in [4.78, 5) is 26.6. The quantitative estimate of drug-likeness (QED) is 0.417. The molecule has 2 aliphatic heterocycles. The van der Waals surface area contributed by atoms with Gasteiger partial charge in [0.15, 0.2) is 5.76 Å². The van der Waals surface area contributed by atoms with Gasteiger partial charge in [-0.15, -0.1) is 0 Å². The summed E-state index contributed by atoms with van der Waals surface area (Å²) in [5.41, 5.74) is 2.31. The van der Waals surface area contributed by atoms with Gasteiger partial charge in [-0.2, -0.15) is 4.31 Å². The minimum atomic E-state index is -3.84. The van der Waals surface area contributed by atoms with Gasteiger partial charge in [0, 0.05) is 19.6 Å². The first-order valence-electron chi connectivity index (χ1n) is 13.6. The number of fused-ring (bicyclic) bond motifs is 1. The van der Waals surface area contributed by atoms with Crippen molar-refractivity contribution >= 4 is 21.9 Å². The highest BCUT2D eigenvalue weighted by molar-refractivity contribution is 7.89. The summed E-state index contributed by atoms with van der Waals surface area (Å²) >= 11 is 0. The van der Waals surface area contributed by atoms with E-state index in [-0.39, 0.29) is 42.2 Å². The lowest BCUT2D eigenvalue weighted by atomic mass is 9.90. The van der Waals surface area contributed by atoms with E-state index in [0.717, 1.165) is 24.0 Å². The zero-order valence-electron chi connectivity index (χ0n) is 22.7. The number of sulfonamides is 1. The van der Waals surface area contributed by atoms with Crippen LogP contribution in [0.5, 0.6) is 5.75 Å². The number of benzene rings is 2. The summed E-state index contributed by atoms with van der Waals surface area (Å²) in [5, 5.41) is 9.71. The molecule has 212 valence electrons. The van der Waals surface area contributed by atoms with Gasteiger partial charge in [0.1, 0.15) is 22.5 Å². The first-order valence-corrected chi connectivity index (χ1v) is 15.1. The lowest BCUT2D eigenvalue weighted by molar-refractivity contribution is -0.137. The molecule has 1 saturated heterocycles. The van der Waals surface area contributed by atoms with Crippen LogP contribution in [0, 0.1) is 6.92 Å². The molecular weight excluding hydrogens is 532 g/mol. The van der Waals surface area contributed by atoms with Gasteiger partial charge >= 0.3 is 5.97 Å². The van der Waals surface area contributed by atoms with E-state index in [1.807, 2.05) is 32.0 Å². The standard InChI is InChI=1S/C30H34N2O7S/c1-3-23-19-32(40(36,37)28-9-5-4-8-26(28)38-23)18-22-16-21(11-10-20(22)2)24(17-29(33)34)25-12-13-27(39-25)30(35)31-14-6-7-15-31/h4-5,8-13,16,23-24H,3,6-7,14-15,17-19H2,1-2H3,(H,33,34)/t23-,24?/m1/s1. The number of rotatable bonds is 8. The normalized spacial score (nSPS) is 19.4. The van der Waals surface area contributed by atoms with Crippen molar-refractivity contribution in [2.45, 2.75) is 63.0 Å². The first kappa shape index (κ1) is 27.9. The number of carbonyl (C=O) groups is 2. The van der Waals surface area contributed by atoms with E-state index < -0.39 is 21.9 Å². The number of aryl methyl sites for hydroxylation is 1. The third kappa shape index (κ3) is 5.64. The molecule has 1 unspecified atom stereocenters. The maximum atomic E-state index is 13.7. The van der Waals surface area contributed by atoms with Gasteiger partial charge < -0.3 is 19.2 Å². The van der Waals surface area contributed by atoms with Crippen LogP contribution in [-0.4, -0.2) is 60.3 Å². The van der Waals surface area contributed by atoms with Crippen molar-refractivity contribution in [3.63, 3.8) is 0 Å². The average Bonchev–Trinajstić information content (AvgIpc) is 3.63. The number of nitrogens with zero attached hydrogens (tertiary/aromatic N) is 2. The van der Waals surface area contributed by atoms with Crippen LogP contribution in [0.3, 0.4) is 0 Å². The monoisotopic (exact) mass is 566 g/mol. The Bertz CT molecular complexity index is 1510. The first-order chi connectivity index (χ1) is 19.2. The molecule has 1 N–H and O–H groups in total. The Labute approximate surface area is 234 Å². The summed E-state index contributed by atoms with van der Waals surface area (Å²) in [6.45, 7) is 5.52. The van der Waals surface area contributed by atoms with Gasteiger partial charge in [-0.1, -0.05) is 37.3 Å². The van der Waals surface area contributed by atoms with Crippen molar-refractivity contribution in [3.05, 3.63) is 82.8 Å². The number of carboxylic acid groups (broad SMARTS) is 1. The van der Waals surface area contributed by atoms with Crippen LogP contribution in [0.2, 0.25) is 0 Å². The smallest absolute Gasteiger partial charge is 0.304 e. The molecule has 2 atom stereocenters. The fraction of sp³-hybridized carbons (Fsp3) is 0.400. The molecule has 2 aliphatic rings. The van der Waals surface area contributed by atoms with E-state index >= 15 is 0 Å². The summed E-state index contributed by atoms with van der Waals surface area (Å²) in [5.74, 6) is -0.923. The molecule has 1 aromatic heterocycles. The molecule has 1 amide bonds. The van der Waals surface area contributed by atoms with E-state index in [1.54, 1.807) is 41.3 Å². The number of hydrogen-bond acceptors (Lipinski definition) is 6. The van der Waals surface area contributed by atoms with Gasteiger partial charge in [-0.25, -0.2) is 8.42 Å². The Morgan fingerprint density at radius 1 is 1.07 bits per heavy atom. The average molecular weight is 567 g/mol. The third-order valence-electron chi connectivity index (χ3n) is 7.70. The van der Waals surface area contributed by atoms with E-state index in [9.17, 15) is 23.1 Å². The molecular formula is C30H34N2O7S. The Morgan fingerprint density at radius 2 is 1.82 bits per heavy atom. The topological polar surface area (TPSA) is 117 Å². The Hall–Kier alpha value is -3.63. The third-order valence-corrected chi connectivity index (χ3v) is 9.55. The SMILES string of the molecule is CC[C@@H]1CN(Cc2cc(C(CC(=O)O)c3ccc(C(=O)N4CCCC4)o3)ccc2C)S(=O)(=O)c2ccccc2O1. The van der Waals surface area contributed by atoms with Gasteiger partial charge in [-0.05, 0) is 67.1 Å². The number of furan rings is 1. The fourth-order valence-electron chi connectivity index (χ4n) is 5.36. The Kier molecular flexibility index (Phi) is 8.00. The van der Waals surface area contributed by atoms with Crippen LogP contribution in [0.4, 0.5) is 0 Å². The maximum Gasteiger partial charge on any atom is 0.304 e. The van der Waals surface area contributed by atoms with Crippen LogP contribution in [-0.2, 0) is 21.4 Å². The van der Waals surface area contributed by atoms with Crippen molar-refractivity contribution in [1.82, 2.24) is 9.21 Å². The lowest BCUT2D eigenvalue weighted by Crippen LogP contribution is -2.36. The molecule has 3 heterocycles. The van der Waals surface area contributed by atoms with Crippen LogP contribution in [0.25, 0.3) is 0 Å². The van der Waals surface area contributed by atoms with E-state index in [4.69, 9.17) is 9.15 Å². The molecule has 1 fully saturated rings. The molecule has 40 heavy (non-hydrogen) atoms. The van der Waals surface area contributed by atoms with E-state index in [0.29, 0.717) is 36.6 Å². The van der Waals surface area contributed by atoms with Crippen LogP contribution in [0.15, 0.2) is 63.9 Å². The second-order valence-corrected chi connectivity index (χ2v) is 12.3. The molecule has 2 aromatic carbocycles. The molecule has 0 spiro atoms. The zero-order chi connectivity index (χ0) is 28.4. The number of aliphatic carboxylic acids is 1. The second-order valence-electron chi connectivity index (χ2n) is 10.4. The number of ether oxygens (including phenoxy) is 1. The van der Waals surface area contributed by atoms with E-state index in [1.165, 1.54) is 4.31 Å². The van der Waals surface area contributed by atoms with Gasteiger partial charge in [0.05, 0.1) is 18.9 Å². The largest absolute Gasteiger partial charge is 0.488 e. The second kappa shape index (κ2) is 11.5. The summed E-state index contributed by atoms with van der Waals surface area (Å²) in [7, 11) is -3.84. The van der Waals surface area contributed by atoms with Crippen molar-refractivity contribution in [2.24, 2.45) is 0 Å². The minimum absolute atomic E-state index is 0.104. The highest BCUT2D eigenvalue weighted by Crippen LogP contribution is 2.35. The summed E-state index contributed by atoms with van der Waals surface area (Å²) in [6.07, 6.45) is 2.00. The number of carboxylic acids is 1. The van der Waals surface area contributed by atoms with Crippen molar-refractivity contribution < 1.29 is 32.3 Å². The molecule has 0 aliphatic carbocycles.